The van der Waals surface area contributed by atoms with E-state index in [1.54, 1.807) is 13.0 Å². The molecule has 2 aromatic carbocycles. The van der Waals surface area contributed by atoms with Crippen LogP contribution in [0.15, 0.2) is 66.7 Å². The minimum atomic E-state index is -0.307. The fourth-order valence-electron chi connectivity index (χ4n) is 1.93. The number of esters is 1. The molecule has 0 unspecified atom stereocenters. The van der Waals surface area contributed by atoms with Crippen LogP contribution in [0.3, 0.4) is 0 Å². The van der Waals surface area contributed by atoms with Gasteiger partial charge in [-0.2, -0.15) is 0 Å². The molecule has 3 nitrogen and oxygen atoms in total. The molecule has 0 aliphatic heterocycles. The van der Waals surface area contributed by atoms with Gasteiger partial charge in [0.05, 0.1) is 6.61 Å². The first kappa shape index (κ1) is 14.9. The van der Waals surface area contributed by atoms with Crippen molar-refractivity contribution in [2.24, 2.45) is 0 Å². The Balaban J connectivity index is 1.87. The predicted octanol–water partition coefficient (Wildman–Crippen LogP) is 3.88. The molecule has 0 saturated carbocycles. The van der Waals surface area contributed by atoms with Gasteiger partial charge in [0, 0.05) is 18.3 Å². The van der Waals surface area contributed by atoms with Gasteiger partial charge in [0.15, 0.2) is 0 Å². The normalized spacial score (nSPS) is 10.5. The maximum Gasteiger partial charge on any atom is 0.330 e. The van der Waals surface area contributed by atoms with Gasteiger partial charge >= 0.3 is 5.97 Å². The van der Waals surface area contributed by atoms with Crippen molar-refractivity contribution in [1.29, 1.82) is 0 Å². The molecule has 1 N–H and O–H groups in total. The Labute approximate surface area is 125 Å². The molecule has 0 aliphatic carbocycles. The summed E-state index contributed by atoms with van der Waals surface area (Å²) >= 11 is 0. The SMILES string of the molecule is CCOC(=O)/C=C/CNc1ccc(-c2ccccc2)cc1. The molecule has 3 heteroatoms. The van der Waals surface area contributed by atoms with E-state index in [0.29, 0.717) is 13.2 Å². The van der Waals surface area contributed by atoms with Gasteiger partial charge in [0.1, 0.15) is 0 Å². The Morgan fingerprint density at radius 2 is 1.71 bits per heavy atom. The Kier molecular flexibility index (Phi) is 5.59. The molecule has 108 valence electrons. The number of nitrogens with one attached hydrogen (secondary N) is 1. The third-order valence-corrected chi connectivity index (χ3v) is 2.96. The van der Waals surface area contributed by atoms with Crippen LogP contribution in [0.4, 0.5) is 5.69 Å². The molecule has 0 aromatic heterocycles. The molecule has 2 aromatic rings. The summed E-state index contributed by atoms with van der Waals surface area (Å²) in [6.07, 6.45) is 3.19. The van der Waals surface area contributed by atoms with Gasteiger partial charge in [0.2, 0.25) is 0 Å². The van der Waals surface area contributed by atoms with E-state index in [0.717, 1.165) is 5.69 Å². The van der Waals surface area contributed by atoms with E-state index in [-0.39, 0.29) is 5.97 Å². The molecular weight excluding hydrogens is 262 g/mol. The van der Waals surface area contributed by atoms with Crippen molar-refractivity contribution >= 4 is 11.7 Å². The topological polar surface area (TPSA) is 38.3 Å². The zero-order valence-electron chi connectivity index (χ0n) is 12.1. The van der Waals surface area contributed by atoms with Gasteiger partial charge in [-0.1, -0.05) is 48.5 Å². The van der Waals surface area contributed by atoms with E-state index in [1.165, 1.54) is 17.2 Å². The zero-order valence-corrected chi connectivity index (χ0v) is 12.1. The van der Waals surface area contributed by atoms with Crippen LogP contribution in [-0.4, -0.2) is 19.1 Å². The van der Waals surface area contributed by atoms with Crippen molar-refractivity contribution < 1.29 is 9.53 Å². The molecule has 21 heavy (non-hydrogen) atoms. The highest BCUT2D eigenvalue weighted by molar-refractivity contribution is 5.81. The Hall–Kier alpha value is -2.55. The first-order valence-electron chi connectivity index (χ1n) is 7.02. The summed E-state index contributed by atoms with van der Waals surface area (Å²) in [7, 11) is 0. The first-order valence-corrected chi connectivity index (χ1v) is 7.02. The van der Waals surface area contributed by atoms with Crippen molar-refractivity contribution in [1.82, 2.24) is 0 Å². The largest absolute Gasteiger partial charge is 0.463 e. The maximum atomic E-state index is 11.1. The molecule has 0 heterocycles. The monoisotopic (exact) mass is 281 g/mol. The number of hydrogen-bond acceptors (Lipinski definition) is 3. The van der Waals surface area contributed by atoms with Gasteiger partial charge in [-0.05, 0) is 30.2 Å². The fourth-order valence-corrected chi connectivity index (χ4v) is 1.93. The van der Waals surface area contributed by atoms with Crippen molar-refractivity contribution in [2.45, 2.75) is 6.92 Å². The zero-order chi connectivity index (χ0) is 14.9. The number of rotatable bonds is 6. The van der Waals surface area contributed by atoms with Crippen LogP contribution in [0.1, 0.15) is 6.92 Å². The van der Waals surface area contributed by atoms with E-state index in [9.17, 15) is 4.79 Å². The molecule has 0 radical (unpaired) electrons. The quantitative estimate of drug-likeness (QED) is 0.645. The number of benzene rings is 2. The van der Waals surface area contributed by atoms with Gasteiger partial charge in [0.25, 0.3) is 0 Å². The van der Waals surface area contributed by atoms with Crippen LogP contribution in [-0.2, 0) is 9.53 Å². The molecule has 2 rings (SSSR count). The highest BCUT2D eigenvalue weighted by Crippen LogP contribution is 2.20. The van der Waals surface area contributed by atoms with E-state index in [1.807, 2.05) is 30.3 Å². The lowest BCUT2D eigenvalue weighted by molar-refractivity contribution is -0.137. The predicted molar refractivity (Wildman–Crippen MR) is 86.1 cm³/mol. The van der Waals surface area contributed by atoms with E-state index in [2.05, 4.69) is 29.6 Å². The van der Waals surface area contributed by atoms with E-state index < -0.39 is 0 Å². The lowest BCUT2D eigenvalue weighted by Crippen LogP contribution is -2.02. The minimum absolute atomic E-state index is 0.307. The van der Waals surface area contributed by atoms with Gasteiger partial charge in [-0.25, -0.2) is 4.79 Å². The van der Waals surface area contributed by atoms with Gasteiger partial charge < -0.3 is 10.1 Å². The van der Waals surface area contributed by atoms with Crippen molar-refractivity contribution in [3.8, 4) is 11.1 Å². The van der Waals surface area contributed by atoms with Crippen LogP contribution in [0.2, 0.25) is 0 Å². The van der Waals surface area contributed by atoms with Gasteiger partial charge in [-0.3, -0.25) is 0 Å². The summed E-state index contributed by atoms with van der Waals surface area (Å²) in [5.41, 5.74) is 3.40. The van der Waals surface area contributed by atoms with Crippen LogP contribution in [0.25, 0.3) is 11.1 Å². The number of ether oxygens (including phenoxy) is 1. The highest BCUT2D eigenvalue weighted by atomic mass is 16.5. The highest BCUT2D eigenvalue weighted by Gasteiger charge is 1.97. The summed E-state index contributed by atoms with van der Waals surface area (Å²) < 4.78 is 4.81. The van der Waals surface area contributed by atoms with Gasteiger partial charge in [-0.15, -0.1) is 0 Å². The maximum absolute atomic E-state index is 11.1. The fraction of sp³-hybridized carbons (Fsp3) is 0.167. The molecule has 0 spiro atoms. The Morgan fingerprint density at radius 3 is 2.38 bits per heavy atom. The third-order valence-electron chi connectivity index (χ3n) is 2.96. The summed E-state index contributed by atoms with van der Waals surface area (Å²) in [6, 6.07) is 18.5. The van der Waals surface area contributed by atoms with Crippen molar-refractivity contribution in [3.63, 3.8) is 0 Å². The third kappa shape index (κ3) is 4.80. The van der Waals surface area contributed by atoms with Crippen LogP contribution < -0.4 is 5.32 Å². The Bertz CT molecular complexity index is 588. The standard InChI is InChI=1S/C18H19NO2/c1-2-21-18(20)9-6-14-19-17-12-10-16(11-13-17)15-7-4-3-5-8-15/h3-13,19H,2,14H2,1H3/b9-6+. The van der Waals surface area contributed by atoms with Crippen LogP contribution >= 0.6 is 0 Å². The lowest BCUT2D eigenvalue weighted by Gasteiger charge is -2.05. The second kappa shape index (κ2) is 7.90. The lowest BCUT2D eigenvalue weighted by atomic mass is 10.1. The molecule has 0 atom stereocenters. The second-order valence-electron chi connectivity index (χ2n) is 4.48. The number of carbonyl (C=O) groups excluding carboxylic acids is 1. The molecule has 0 saturated heterocycles. The second-order valence-corrected chi connectivity index (χ2v) is 4.48. The van der Waals surface area contributed by atoms with Crippen LogP contribution in [0.5, 0.6) is 0 Å². The summed E-state index contributed by atoms with van der Waals surface area (Å²) in [5, 5.41) is 3.23. The summed E-state index contributed by atoms with van der Waals surface area (Å²) in [5.74, 6) is -0.307. The number of hydrogen-bond donors (Lipinski definition) is 1. The number of anilines is 1. The molecular formula is C18H19NO2. The molecule has 0 fully saturated rings. The molecule has 0 amide bonds. The van der Waals surface area contributed by atoms with E-state index >= 15 is 0 Å². The first-order chi connectivity index (χ1) is 10.3. The minimum Gasteiger partial charge on any atom is -0.463 e. The summed E-state index contributed by atoms with van der Waals surface area (Å²) in [6.45, 7) is 2.78. The van der Waals surface area contributed by atoms with Crippen molar-refractivity contribution in [3.05, 3.63) is 66.7 Å². The van der Waals surface area contributed by atoms with E-state index in [4.69, 9.17) is 4.74 Å². The van der Waals surface area contributed by atoms with Crippen molar-refractivity contribution in [2.75, 3.05) is 18.5 Å². The Morgan fingerprint density at radius 1 is 1.05 bits per heavy atom. The molecule has 0 aliphatic rings. The average Bonchev–Trinajstić information content (AvgIpc) is 2.53. The summed E-state index contributed by atoms with van der Waals surface area (Å²) in [4.78, 5) is 11.1. The number of carbonyl (C=O) groups is 1. The molecule has 0 bridgehead atoms. The van der Waals surface area contributed by atoms with Crippen LogP contribution in [0, 0.1) is 0 Å². The average molecular weight is 281 g/mol. The smallest absolute Gasteiger partial charge is 0.330 e.